The predicted octanol–water partition coefficient (Wildman–Crippen LogP) is 0.583. The maximum absolute atomic E-state index is 11.6. The molecular weight excluding hydrogens is 254 g/mol. The van der Waals surface area contributed by atoms with Crippen LogP contribution in [0.1, 0.15) is 11.9 Å². The van der Waals surface area contributed by atoms with Gasteiger partial charge in [0.15, 0.2) is 0 Å². The third-order valence-corrected chi connectivity index (χ3v) is 3.00. The van der Waals surface area contributed by atoms with Crippen LogP contribution in [-0.4, -0.2) is 33.6 Å². The number of anilines is 1. The molecule has 1 N–H and O–H groups in total. The number of nitrogens with zero attached hydrogens (tertiary/aromatic N) is 4. The molecular formula is C10H13N5O2S. The number of hydrogen-bond donors (Lipinski definition) is 1. The van der Waals surface area contributed by atoms with E-state index in [0.717, 1.165) is 11.7 Å². The summed E-state index contributed by atoms with van der Waals surface area (Å²) in [7, 11) is 1.51. The van der Waals surface area contributed by atoms with E-state index >= 15 is 0 Å². The van der Waals surface area contributed by atoms with E-state index < -0.39 is 0 Å². The Kier molecular flexibility index (Phi) is 3.88. The average molecular weight is 267 g/mol. The number of nitrogens with one attached hydrogen (secondary N) is 1. The van der Waals surface area contributed by atoms with Crippen LogP contribution in [-0.2, 0) is 6.54 Å². The lowest BCUT2D eigenvalue weighted by atomic mass is 10.5. The van der Waals surface area contributed by atoms with Crippen molar-refractivity contribution in [2.24, 2.45) is 0 Å². The second-order valence-electron chi connectivity index (χ2n) is 3.40. The molecule has 0 aliphatic carbocycles. The lowest BCUT2D eigenvalue weighted by molar-refractivity contribution is 0.378. The minimum Gasteiger partial charge on any atom is -0.480 e. The molecule has 0 saturated heterocycles. The third-order valence-electron chi connectivity index (χ3n) is 2.13. The van der Waals surface area contributed by atoms with E-state index in [2.05, 4.69) is 20.6 Å². The molecule has 18 heavy (non-hydrogen) atoms. The Morgan fingerprint density at radius 1 is 1.44 bits per heavy atom. The number of methoxy groups -OCH3 is 1. The average Bonchev–Trinajstić information content (AvgIpc) is 2.80. The zero-order valence-electron chi connectivity index (χ0n) is 10.1. The van der Waals surface area contributed by atoms with Gasteiger partial charge in [0, 0.05) is 18.7 Å². The highest BCUT2D eigenvalue weighted by Gasteiger charge is 2.07. The van der Waals surface area contributed by atoms with Crippen molar-refractivity contribution in [2.75, 3.05) is 19.0 Å². The predicted molar refractivity (Wildman–Crippen MR) is 68.2 cm³/mol. The summed E-state index contributed by atoms with van der Waals surface area (Å²) in [5.41, 5.74) is -0.198. The molecule has 0 atom stereocenters. The standard InChI is InChI=1S/C10H13N5O2S/c1-3-11-10-13-12-8(18-10)6-15-9(16)5-4-7(14-15)17-2/h4-5H,3,6H2,1-2H3,(H,11,13). The van der Waals surface area contributed by atoms with Crippen molar-refractivity contribution in [3.05, 3.63) is 27.5 Å². The molecule has 96 valence electrons. The van der Waals surface area contributed by atoms with Crippen LogP contribution < -0.4 is 15.6 Å². The summed E-state index contributed by atoms with van der Waals surface area (Å²) in [6.45, 7) is 3.06. The van der Waals surface area contributed by atoms with Crippen LogP contribution in [0.4, 0.5) is 5.13 Å². The fourth-order valence-corrected chi connectivity index (χ4v) is 2.11. The molecule has 0 saturated carbocycles. The van der Waals surface area contributed by atoms with Crippen LogP contribution in [0.2, 0.25) is 0 Å². The largest absolute Gasteiger partial charge is 0.480 e. The molecule has 2 aromatic heterocycles. The van der Waals surface area contributed by atoms with Gasteiger partial charge in [-0.05, 0) is 6.92 Å². The zero-order chi connectivity index (χ0) is 13.0. The van der Waals surface area contributed by atoms with Gasteiger partial charge in [0.05, 0.1) is 13.7 Å². The minimum atomic E-state index is -0.198. The van der Waals surface area contributed by atoms with Gasteiger partial charge in [0.25, 0.3) is 5.56 Å². The lowest BCUT2D eigenvalue weighted by Crippen LogP contribution is -2.22. The molecule has 0 radical (unpaired) electrons. The summed E-state index contributed by atoms with van der Waals surface area (Å²) < 4.78 is 6.28. The third kappa shape index (κ3) is 2.83. The Hall–Kier alpha value is -1.96. The van der Waals surface area contributed by atoms with Gasteiger partial charge in [0.2, 0.25) is 11.0 Å². The molecule has 0 spiro atoms. The van der Waals surface area contributed by atoms with Gasteiger partial charge in [-0.1, -0.05) is 11.3 Å². The summed E-state index contributed by atoms with van der Waals surface area (Å²) in [5, 5.41) is 16.5. The molecule has 0 aliphatic heterocycles. The topological polar surface area (TPSA) is 81.9 Å². The number of hydrogen-bond acceptors (Lipinski definition) is 7. The Morgan fingerprint density at radius 3 is 3.00 bits per heavy atom. The molecule has 0 aliphatic rings. The number of rotatable bonds is 5. The Morgan fingerprint density at radius 2 is 2.28 bits per heavy atom. The summed E-state index contributed by atoms with van der Waals surface area (Å²) in [6.07, 6.45) is 0. The molecule has 8 heteroatoms. The van der Waals surface area contributed by atoms with Gasteiger partial charge in [-0.25, -0.2) is 4.68 Å². The SMILES string of the molecule is CCNc1nnc(Cn2nc(OC)ccc2=O)s1. The maximum Gasteiger partial charge on any atom is 0.267 e. The monoisotopic (exact) mass is 267 g/mol. The molecule has 0 fully saturated rings. The van der Waals surface area contributed by atoms with Gasteiger partial charge in [-0.15, -0.1) is 15.3 Å². The smallest absolute Gasteiger partial charge is 0.267 e. The van der Waals surface area contributed by atoms with Crippen LogP contribution >= 0.6 is 11.3 Å². The van der Waals surface area contributed by atoms with Gasteiger partial charge in [0.1, 0.15) is 5.01 Å². The number of aromatic nitrogens is 4. The van der Waals surface area contributed by atoms with Gasteiger partial charge in [-0.3, -0.25) is 4.79 Å². The first-order chi connectivity index (χ1) is 8.72. The van der Waals surface area contributed by atoms with E-state index in [-0.39, 0.29) is 5.56 Å². The second-order valence-corrected chi connectivity index (χ2v) is 4.46. The van der Waals surface area contributed by atoms with Crippen LogP contribution in [0.15, 0.2) is 16.9 Å². The highest BCUT2D eigenvalue weighted by atomic mass is 32.1. The molecule has 0 unspecified atom stereocenters. The maximum atomic E-state index is 11.6. The lowest BCUT2D eigenvalue weighted by Gasteiger charge is -2.03. The van der Waals surface area contributed by atoms with Crippen molar-refractivity contribution >= 4 is 16.5 Å². The summed E-state index contributed by atoms with van der Waals surface area (Å²) in [4.78, 5) is 11.6. The van der Waals surface area contributed by atoms with Crippen molar-refractivity contribution < 1.29 is 4.74 Å². The van der Waals surface area contributed by atoms with E-state index in [4.69, 9.17) is 4.74 Å². The molecule has 2 rings (SSSR count). The van der Waals surface area contributed by atoms with E-state index in [1.807, 2.05) is 6.92 Å². The first-order valence-electron chi connectivity index (χ1n) is 5.41. The quantitative estimate of drug-likeness (QED) is 0.853. The van der Waals surface area contributed by atoms with Crippen LogP contribution in [0.3, 0.4) is 0 Å². The fraction of sp³-hybridized carbons (Fsp3) is 0.400. The van der Waals surface area contributed by atoms with E-state index in [1.165, 1.54) is 35.3 Å². The van der Waals surface area contributed by atoms with E-state index in [9.17, 15) is 4.79 Å². The van der Waals surface area contributed by atoms with Crippen molar-refractivity contribution in [2.45, 2.75) is 13.5 Å². The highest BCUT2D eigenvalue weighted by molar-refractivity contribution is 7.15. The number of ether oxygens (including phenoxy) is 1. The van der Waals surface area contributed by atoms with Crippen LogP contribution in [0.5, 0.6) is 5.88 Å². The highest BCUT2D eigenvalue weighted by Crippen LogP contribution is 2.15. The first-order valence-corrected chi connectivity index (χ1v) is 6.23. The zero-order valence-corrected chi connectivity index (χ0v) is 10.9. The molecule has 7 nitrogen and oxygen atoms in total. The first kappa shape index (κ1) is 12.5. The molecule has 0 aromatic carbocycles. The van der Waals surface area contributed by atoms with Gasteiger partial charge < -0.3 is 10.1 Å². The summed E-state index contributed by atoms with van der Waals surface area (Å²) in [6, 6.07) is 2.95. The Labute approximate surface area is 107 Å². The molecule has 0 amide bonds. The van der Waals surface area contributed by atoms with Crippen molar-refractivity contribution in [3.63, 3.8) is 0 Å². The Balaban J connectivity index is 2.19. The van der Waals surface area contributed by atoms with E-state index in [1.54, 1.807) is 0 Å². The fourth-order valence-electron chi connectivity index (χ4n) is 1.32. The van der Waals surface area contributed by atoms with Gasteiger partial charge >= 0.3 is 0 Å². The van der Waals surface area contributed by atoms with Crippen LogP contribution in [0.25, 0.3) is 0 Å². The van der Waals surface area contributed by atoms with Gasteiger partial charge in [-0.2, -0.15) is 0 Å². The van der Waals surface area contributed by atoms with Crippen LogP contribution in [0, 0.1) is 0 Å². The van der Waals surface area contributed by atoms with Crippen molar-refractivity contribution in [1.29, 1.82) is 0 Å². The van der Waals surface area contributed by atoms with E-state index in [0.29, 0.717) is 17.4 Å². The second kappa shape index (κ2) is 5.58. The molecule has 0 bridgehead atoms. The Bertz CT molecular complexity index is 580. The van der Waals surface area contributed by atoms with Crippen molar-refractivity contribution in [3.8, 4) is 5.88 Å². The minimum absolute atomic E-state index is 0.198. The molecule has 2 heterocycles. The summed E-state index contributed by atoms with van der Waals surface area (Å²) >= 11 is 1.40. The van der Waals surface area contributed by atoms with Crippen molar-refractivity contribution in [1.82, 2.24) is 20.0 Å². The summed E-state index contributed by atoms with van der Waals surface area (Å²) in [5.74, 6) is 0.394. The normalized spacial score (nSPS) is 10.3. The molecule has 2 aromatic rings.